The maximum Gasteiger partial charge on any atom is 0.191 e. The van der Waals surface area contributed by atoms with Crippen molar-refractivity contribution in [2.45, 2.75) is 18.7 Å². The molecule has 160 valence electrons. The maximum absolute atomic E-state index is 13.7. The van der Waals surface area contributed by atoms with Gasteiger partial charge in [0.2, 0.25) is 0 Å². The van der Waals surface area contributed by atoms with Crippen LogP contribution in [-0.2, 0) is 9.84 Å². The van der Waals surface area contributed by atoms with E-state index >= 15 is 0 Å². The highest BCUT2D eigenvalue weighted by atomic mass is 127. The van der Waals surface area contributed by atoms with Crippen LogP contribution in [0.5, 0.6) is 5.75 Å². The molecule has 0 saturated carbocycles. The largest absolute Gasteiger partial charge is 0.492 e. The van der Waals surface area contributed by atoms with Gasteiger partial charge in [0.1, 0.15) is 23.1 Å². The average Bonchev–Trinajstić information content (AvgIpc) is 2.66. The predicted octanol–water partition coefficient (Wildman–Crippen LogP) is 3.16. The van der Waals surface area contributed by atoms with Crippen molar-refractivity contribution >= 4 is 39.8 Å². The first-order chi connectivity index (χ1) is 13.4. The molecule has 0 radical (unpaired) electrons. The fourth-order valence-electron chi connectivity index (χ4n) is 2.40. The molecule has 0 saturated heterocycles. The highest BCUT2D eigenvalue weighted by Crippen LogP contribution is 2.15. The molecule has 0 heterocycles. The minimum absolute atomic E-state index is 0. The molecule has 0 aliphatic heterocycles. The Morgan fingerprint density at radius 2 is 1.79 bits per heavy atom. The lowest BCUT2D eigenvalue weighted by atomic mass is 10.2. The van der Waals surface area contributed by atoms with Crippen molar-refractivity contribution in [3.05, 3.63) is 59.9 Å². The van der Waals surface area contributed by atoms with Crippen molar-refractivity contribution in [2.75, 3.05) is 32.0 Å². The van der Waals surface area contributed by atoms with Crippen LogP contribution >= 0.6 is 24.0 Å². The molecular weight excluding hydrogens is 508 g/mol. The van der Waals surface area contributed by atoms with Crippen molar-refractivity contribution in [3.63, 3.8) is 0 Å². The molecular formula is C20H27FIN3O3S. The van der Waals surface area contributed by atoms with Gasteiger partial charge in [0.25, 0.3) is 0 Å². The van der Waals surface area contributed by atoms with Gasteiger partial charge in [-0.1, -0.05) is 29.8 Å². The van der Waals surface area contributed by atoms with Crippen molar-refractivity contribution in [3.8, 4) is 5.75 Å². The molecule has 0 aromatic heterocycles. The minimum atomic E-state index is -3.73. The fourth-order valence-corrected chi connectivity index (χ4v) is 3.60. The number of guanidine groups is 1. The topological polar surface area (TPSA) is 79.8 Å². The fraction of sp³-hybridized carbons (Fsp3) is 0.350. The molecule has 0 fully saturated rings. The van der Waals surface area contributed by atoms with Gasteiger partial charge >= 0.3 is 0 Å². The molecule has 0 unspecified atom stereocenters. The number of nitrogens with one attached hydrogen (secondary N) is 2. The Labute approximate surface area is 188 Å². The number of hydrogen-bond acceptors (Lipinski definition) is 4. The lowest BCUT2D eigenvalue weighted by Crippen LogP contribution is -2.39. The number of ether oxygens (including phenoxy) is 1. The Balaban J connectivity index is 0.00000420. The first-order valence-electron chi connectivity index (χ1n) is 9.11. The highest BCUT2D eigenvalue weighted by molar-refractivity contribution is 14.0. The Hall–Kier alpha value is -1.88. The Bertz CT molecular complexity index is 890. The Morgan fingerprint density at radius 1 is 1.10 bits per heavy atom. The first kappa shape index (κ1) is 25.2. The van der Waals surface area contributed by atoms with Gasteiger partial charge in [0, 0.05) is 6.54 Å². The van der Waals surface area contributed by atoms with Crippen LogP contribution in [0.1, 0.15) is 12.5 Å². The van der Waals surface area contributed by atoms with E-state index in [4.69, 9.17) is 4.74 Å². The van der Waals surface area contributed by atoms with E-state index in [9.17, 15) is 12.8 Å². The number of rotatable bonds is 9. The van der Waals surface area contributed by atoms with Crippen molar-refractivity contribution in [2.24, 2.45) is 4.99 Å². The van der Waals surface area contributed by atoms with Crippen LogP contribution in [-0.4, -0.2) is 46.4 Å². The van der Waals surface area contributed by atoms with E-state index in [1.54, 1.807) is 0 Å². The third-order valence-electron chi connectivity index (χ3n) is 3.83. The second kappa shape index (κ2) is 12.6. The lowest BCUT2D eigenvalue weighted by Gasteiger charge is -2.12. The smallest absolute Gasteiger partial charge is 0.191 e. The van der Waals surface area contributed by atoms with Gasteiger partial charge in [-0.05, 0) is 38.1 Å². The maximum atomic E-state index is 13.7. The second-order valence-corrected chi connectivity index (χ2v) is 8.18. The van der Waals surface area contributed by atoms with Crippen LogP contribution in [0.4, 0.5) is 4.39 Å². The van der Waals surface area contributed by atoms with Gasteiger partial charge in [-0.2, -0.15) is 0 Å². The number of benzene rings is 2. The van der Waals surface area contributed by atoms with E-state index in [2.05, 4.69) is 15.6 Å². The number of halogens is 2. The molecule has 6 nitrogen and oxygen atoms in total. The van der Waals surface area contributed by atoms with E-state index in [1.165, 1.54) is 18.2 Å². The summed E-state index contributed by atoms with van der Waals surface area (Å²) < 4.78 is 43.9. The van der Waals surface area contributed by atoms with E-state index in [1.807, 2.05) is 38.1 Å². The summed E-state index contributed by atoms with van der Waals surface area (Å²) in [5, 5.41) is 6.13. The molecule has 0 aliphatic carbocycles. The molecule has 29 heavy (non-hydrogen) atoms. The van der Waals surface area contributed by atoms with Crippen molar-refractivity contribution in [1.29, 1.82) is 0 Å². The van der Waals surface area contributed by atoms with E-state index in [0.29, 0.717) is 25.7 Å². The quantitative estimate of drug-likeness (QED) is 0.223. The third kappa shape index (κ3) is 8.57. The summed E-state index contributed by atoms with van der Waals surface area (Å²) in [5.74, 6) is 0.249. The van der Waals surface area contributed by atoms with Crippen molar-refractivity contribution in [1.82, 2.24) is 10.6 Å². The molecule has 2 rings (SSSR count). The Morgan fingerprint density at radius 3 is 2.45 bits per heavy atom. The monoisotopic (exact) mass is 535 g/mol. The van der Waals surface area contributed by atoms with E-state index in [-0.39, 0.29) is 41.2 Å². The summed E-state index contributed by atoms with van der Waals surface area (Å²) in [6, 6.07) is 13.1. The number of sulfone groups is 1. The normalized spacial score (nSPS) is 11.5. The zero-order valence-corrected chi connectivity index (χ0v) is 19.7. The third-order valence-corrected chi connectivity index (χ3v) is 5.55. The molecule has 2 N–H and O–H groups in total. The lowest BCUT2D eigenvalue weighted by molar-refractivity contribution is 0.322. The summed E-state index contributed by atoms with van der Waals surface area (Å²) in [4.78, 5) is 3.95. The van der Waals surface area contributed by atoms with Crippen LogP contribution in [0.3, 0.4) is 0 Å². The van der Waals surface area contributed by atoms with Gasteiger partial charge in [-0.25, -0.2) is 12.8 Å². The number of hydrogen-bond donors (Lipinski definition) is 2. The molecule has 0 bridgehead atoms. The second-order valence-electron chi connectivity index (χ2n) is 6.10. The predicted molar refractivity (Wildman–Crippen MR) is 125 cm³/mol. The molecule has 2 aromatic carbocycles. The van der Waals surface area contributed by atoms with Crippen LogP contribution < -0.4 is 15.4 Å². The SMILES string of the molecule is CCNC(=NCCS(=O)(=O)c1ccccc1F)NCCOc1ccc(C)cc1.I. The summed E-state index contributed by atoms with van der Waals surface area (Å²) in [6.45, 7) is 5.50. The van der Waals surface area contributed by atoms with Gasteiger partial charge in [-0.3, -0.25) is 4.99 Å². The van der Waals surface area contributed by atoms with Crippen LogP contribution in [0.2, 0.25) is 0 Å². The molecule has 0 amide bonds. The van der Waals surface area contributed by atoms with Gasteiger partial charge in [-0.15, -0.1) is 24.0 Å². The molecule has 2 aromatic rings. The zero-order chi connectivity index (χ0) is 20.4. The highest BCUT2D eigenvalue weighted by Gasteiger charge is 2.18. The zero-order valence-electron chi connectivity index (χ0n) is 16.5. The molecule has 0 spiro atoms. The van der Waals surface area contributed by atoms with E-state index < -0.39 is 15.7 Å². The van der Waals surface area contributed by atoms with Gasteiger partial charge in [0.05, 0.1) is 18.8 Å². The van der Waals surface area contributed by atoms with E-state index in [0.717, 1.165) is 17.4 Å². The summed E-state index contributed by atoms with van der Waals surface area (Å²) >= 11 is 0. The summed E-state index contributed by atoms with van der Waals surface area (Å²) in [7, 11) is -3.73. The summed E-state index contributed by atoms with van der Waals surface area (Å²) in [6.07, 6.45) is 0. The van der Waals surface area contributed by atoms with Crippen LogP contribution in [0.15, 0.2) is 58.4 Å². The standard InChI is InChI=1S/C20H26FN3O3S.HI/c1-3-22-20(23-12-14-27-17-10-8-16(2)9-11-17)24-13-15-28(25,26)19-7-5-4-6-18(19)21;/h4-11H,3,12-15H2,1-2H3,(H2,22,23,24);1H. The van der Waals surface area contributed by atoms with Crippen LogP contribution in [0.25, 0.3) is 0 Å². The minimum Gasteiger partial charge on any atom is -0.492 e. The molecule has 0 aliphatic rings. The molecule has 0 atom stereocenters. The average molecular weight is 535 g/mol. The van der Waals surface area contributed by atoms with Gasteiger partial charge < -0.3 is 15.4 Å². The molecule has 9 heteroatoms. The first-order valence-corrected chi connectivity index (χ1v) is 10.8. The number of aryl methyl sites for hydroxylation is 1. The van der Waals surface area contributed by atoms with Gasteiger partial charge in [0.15, 0.2) is 15.8 Å². The Kier molecular flexibility index (Phi) is 11.0. The van der Waals surface area contributed by atoms with Crippen molar-refractivity contribution < 1.29 is 17.5 Å². The number of aliphatic imine (C=N–C) groups is 1. The van der Waals surface area contributed by atoms with Crippen LogP contribution in [0, 0.1) is 12.7 Å². The number of nitrogens with zero attached hydrogens (tertiary/aromatic N) is 1. The summed E-state index contributed by atoms with van der Waals surface area (Å²) in [5.41, 5.74) is 1.16.